The lowest BCUT2D eigenvalue weighted by Crippen LogP contribution is -2.37. The van der Waals surface area contributed by atoms with Crippen molar-refractivity contribution in [1.29, 1.82) is 0 Å². The first-order valence-electron chi connectivity index (χ1n) is 10.1. The molecule has 1 aliphatic rings. The number of nitrogens with zero attached hydrogens (tertiary/aromatic N) is 4. The van der Waals surface area contributed by atoms with Crippen molar-refractivity contribution in [1.82, 2.24) is 19.7 Å². The van der Waals surface area contributed by atoms with Gasteiger partial charge in [0.15, 0.2) is 5.78 Å². The molecule has 4 rings (SSSR count). The van der Waals surface area contributed by atoms with Gasteiger partial charge < -0.3 is 14.6 Å². The van der Waals surface area contributed by atoms with Crippen LogP contribution in [0.3, 0.4) is 0 Å². The van der Waals surface area contributed by atoms with E-state index in [4.69, 9.17) is 4.74 Å². The molecule has 0 bridgehead atoms. The molecule has 0 saturated carbocycles. The Labute approximate surface area is 183 Å². The molecule has 1 aromatic carbocycles. The maximum atomic E-state index is 12.8. The van der Waals surface area contributed by atoms with E-state index in [2.05, 4.69) is 33.8 Å². The summed E-state index contributed by atoms with van der Waals surface area (Å²) in [5.41, 5.74) is 0.806. The standard InChI is InChI=1S/C22H25N5O3S/c1-14(2)26-7-8-30-17-6-5-15(9-16(17)26)10-18-21(29)25-20(31-18)11-19(28)22(3,4)27-13-23-12-24-27/h5-6,9-14H,7-8H2,1-4H3,(H,25,29)/b18-10-,20-11+. The molecular formula is C22H25N5O3S. The van der Waals surface area contributed by atoms with E-state index in [1.807, 2.05) is 24.3 Å². The molecule has 0 spiro atoms. The van der Waals surface area contributed by atoms with Gasteiger partial charge in [-0.25, -0.2) is 9.67 Å². The number of aromatic nitrogens is 4. The quantitative estimate of drug-likeness (QED) is 0.643. The molecule has 3 heterocycles. The Morgan fingerprint density at radius 2 is 2.16 bits per heavy atom. The van der Waals surface area contributed by atoms with Crippen LogP contribution in [0.2, 0.25) is 0 Å². The van der Waals surface area contributed by atoms with Crippen LogP contribution >= 0.6 is 11.3 Å². The van der Waals surface area contributed by atoms with Crippen LogP contribution in [-0.2, 0) is 10.3 Å². The van der Waals surface area contributed by atoms with Crippen LogP contribution in [-0.4, -0.2) is 44.7 Å². The van der Waals surface area contributed by atoms with Gasteiger partial charge in [0, 0.05) is 12.1 Å². The van der Waals surface area contributed by atoms with Crippen molar-refractivity contribution >= 4 is 35.0 Å². The van der Waals surface area contributed by atoms with E-state index >= 15 is 0 Å². The zero-order valence-corrected chi connectivity index (χ0v) is 18.8. The molecular weight excluding hydrogens is 414 g/mol. The second-order valence-corrected chi connectivity index (χ2v) is 9.28. The minimum Gasteiger partial charge on any atom is -0.490 e. The van der Waals surface area contributed by atoms with Gasteiger partial charge in [-0.15, -0.1) is 11.3 Å². The lowest BCUT2D eigenvalue weighted by atomic mass is 10.00. The Bertz CT molecular complexity index is 1270. The molecule has 0 saturated heterocycles. The number of Topliss-reactive ketones (excluding diaryl/α,β-unsaturated/α-hetero) is 1. The van der Waals surface area contributed by atoms with Crippen LogP contribution in [0.1, 0.15) is 33.3 Å². The van der Waals surface area contributed by atoms with E-state index in [0.29, 0.717) is 21.8 Å². The number of hydrogen-bond acceptors (Lipinski definition) is 7. The normalized spacial score (nSPS) is 15.3. The van der Waals surface area contributed by atoms with E-state index in [1.165, 1.54) is 34.7 Å². The van der Waals surface area contributed by atoms with Crippen molar-refractivity contribution in [3.63, 3.8) is 0 Å². The molecule has 2 aromatic heterocycles. The molecule has 9 heteroatoms. The number of anilines is 1. The third kappa shape index (κ3) is 4.18. The molecule has 0 fully saturated rings. The van der Waals surface area contributed by atoms with Gasteiger partial charge in [-0.1, -0.05) is 6.07 Å². The number of hydrogen-bond donors (Lipinski definition) is 1. The average molecular weight is 440 g/mol. The third-order valence-corrected chi connectivity index (χ3v) is 6.30. The Kier molecular flexibility index (Phi) is 5.53. The minimum atomic E-state index is -0.903. The Balaban J connectivity index is 1.68. The van der Waals surface area contributed by atoms with Crippen LogP contribution < -0.4 is 24.4 Å². The number of rotatable bonds is 5. The summed E-state index contributed by atoms with van der Waals surface area (Å²) in [5.74, 6) is 0.674. The molecule has 0 radical (unpaired) electrons. The fraction of sp³-hybridized carbons (Fsp3) is 0.364. The highest BCUT2D eigenvalue weighted by Crippen LogP contribution is 2.33. The molecule has 3 aromatic rings. The summed E-state index contributed by atoms with van der Waals surface area (Å²) in [6, 6.07) is 6.26. The summed E-state index contributed by atoms with van der Waals surface area (Å²) in [4.78, 5) is 34.2. The molecule has 0 amide bonds. The number of H-pyrrole nitrogens is 1. The zero-order valence-electron chi connectivity index (χ0n) is 18.0. The van der Waals surface area contributed by atoms with Crippen LogP contribution in [0.15, 0.2) is 35.6 Å². The number of fused-ring (bicyclic) bond motifs is 1. The molecule has 162 valence electrons. The van der Waals surface area contributed by atoms with Gasteiger partial charge in [0.25, 0.3) is 5.56 Å². The Hall–Kier alpha value is -3.20. The molecule has 0 atom stereocenters. The predicted octanol–water partition coefficient (Wildman–Crippen LogP) is 1.25. The molecule has 0 unspecified atom stereocenters. The summed E-state index contributed by atoms with van der Waals surface area (Å²) < 4.78 is 8.30. The number of ketones is 1. The summed E-state index contributed by atoms with van der Waals surface area (Å²) in [6.45, 7) is 9.31. The zero-order chi connectivity index (χ0) is 22.2. The van der Waals surface area contributed by atoms with Crippen LogP contribution in [0.25, 0.3) is 12.2 Å². The first-order valence-corrected chi connectivity index (χ1v) is 10.9. The van der Waals surface area contributed by atoms with Gasteiger partial charge >= 0.3 is 0 Å². The molecule has 31 heavy (non-hydrogen) atoms. The SMILES string of the molecule is CC(C)N1CCOc2ccc(/C=c3\s/c(=C/C(=O)C(C)(C)n4cncn4)[nH]c3=O)cc21. The fourth-order valence-electron chi connectivity index (χ4n) is 3.46. The second-order valence-electron chi connectivity index (χ2n) is 8.20. The van der Waals surface area contributed by atoms with Crippen LogP contribution in [0.4, 0.5) is 5.69 Å². The number of nitrogens with one attached hydrogen (secondary N) is 1. The second kappa shape index (κ2) is 8.14. The molecule has 1 N–H and O–H groups in total. The van der Waals surface area contributed by atoms with Crippen molar-refractivity contribution < 1.29 is 9.53 Å². The Morgan fingerprint density at radius 1 is 1.35 bits per heavy atom. The highest BCUT2D eigenvalue weighted by atomic mass is 32.1. The van der Waals surface area contributed by atoms with Crippen LogP contribution in [0.5, 0.6) is 5.75 Å². The van der Waals surface area contributed by atoms with Crippen molar-refractivity contribution in [3.05, 3.63) is 56.0 Å². The van der Waals surface area contributed by atoms with Crippen molar-refractivity contribution in [2.24, 2.45) is 0 Å². The highest BCUT2D eigenvalue weighted by Gasteiger charge is 2.28. The topological polar surface area (TPSA) is 93.1 Å². The number of aromatic amines is 1. The highest BCUT2D eigenvalue weighted by molar-refractivity contribution is 7.07. The fourth-order valence-corrected chi connectivity index (χ4v) is 4.35. The number of benzene rings is 1. The largest absolute Gasteiger partial charge is 0.490 e. The van der Waals surface area contributed by atoms with Gasteiger partial charge in [0.1, 0.15) is 30.5 Å². The van der Waals surface area contributed by atoms with Gasteiger partial charge in [-0.05, 0) is 51.5 Å². The average Bonchev–Trinajstić information content (AvgIpc) is 3.38. The van der Waals surface area contributed by atoms with E-state index in [1.54, 1.807) is 13.8 Å². The lowest BCUT2D eigenvalue weighted by Gasteiger charge is -2.34. The maximum absolute atomic E-state index is 12.8. The van der Waals surface area contributed by atoms with Crippen molar-refractivity contribution in [2.45, 2.75) is 39.3 Å². The number of carbonyl (C=O) groups is 1. The predicted molar refractivity (Wildman–Crippen MR) is 121 cm³/mol. The van der Waals surface area contributed by atoms with E-state index in [9.17, 15) is 9.59 Å². The van der Waals surface area contributed by atoms with E-state index in [-0.39, 0.29) is 11.3 Å². The van der Waals surface area contributed by atoms with Crippen molar-refractivity contribution in [3.8, 4) is 5.75 Å². The summed E-state index contributed by atoms with van der Waals surface area (Å²) in [5, 5.41) is 4.06. The number of thiazole rings is 1. The smallest absolute Gasteiger partial charge is 0.266 e. The molecule has 1 aliphatic heterocycles. The first-order chi connectivity index (χ1) is 14.8. The summed E-state index contributed by atoms with van der Waals surface area (Å²) in [6.07, 6.45) is 6.18. The van der Waals surface area contributed by atoms with E-state index in [0.717, 1.165) is 23.5 Å². The van der Waals surface area contributed by atoms with Gasteiger partial charge in [0.2, 0.25) is 0 Å². The minimum absolute atomic E-state index is 0.180. The Morgan fingerprint density at radius 3 is 2.87 bits per heavy atom. The molecule has 8 nitrogen and oxygen atoms in total. The lowest BCUT2D eigenvalue weighted by molar-refractivity contribution is -0.120. The van der Waals surface area contributed by atoms with Gasteiger partial charge in [0.05, 0.1) is 21.4 Å². The summed E-state index contributed by atoms with van der Waals surface area (Å²) in [7, 11) is 0. The van der Waals surface area contributed by atoms with Crippen LogP contribution in [0, 0.1) is 0 Å². The molecule has 0 aliphatic carbocycles. The van der Waals surface area contributed by atoms with E-state index < -0.39 is 5.54 Å². The van der Waals surface area contributed by atoms with Crippen molar-refractivity contribution in [2.75, 3.05) is 18.1 Å². The maximum Gasteiger partial charge on any atom is 0.266 e. The number of carbonyl (C=O) groups excluding carboxylic acids is 1. The number of ether oxygens (including phenoxy) is 1. The summed E-state index contributed by atoms with van der Waals surface area (Å²) >= 11 is 1.25. The first kappa shape index (κ1) is 21.0. The monoisotopic (exact) mass is 439 g/mol. The van der Waals surface area contributed by atoms with Gasteiger partial charge in [-0.3, -0.25) is 9.59 Å². The third-order valence-electron chi connectivity index (χ3n) is 5.34. The van der Waals surface area contributed by atoms with Gasteiger partial charge in [-0.2, -0.15) is 5.10 Å².